The van der Waals surface area contributed by atoms with Gasteiger partial charge in [-0.2, -0.15) is 0 Å². The van der Waals surface area contributed by atoms with Gasteiger partial charge in [0.1, 0.15) is 0 Å². The summed E-state index contributed by atoms with van der Waals surface area (Å²) in [7, 11) is 0. The molecule has 1 aromatic carbocycles. The molecule has 1 saturated carbocycles. The van der Waals surface area contributed by atoms with Crippen LogP contribution >= 0.6 is 0 Å². The maximum absolute atomic E-state index is 3.60. The molecule has 0 aliphatic heterocycles. The van der Waals surface area contributed by atoms with E-state index < -0.39 is 0 Å². The van der Waals surface area contributed by atoms with Crippen molar-refractivity contribution < 1.29 is 0 Å². The van der Waals surface area contributed by atoms with Crippen LogP contribution in [0.4, 0.5) is 0 Å². The summed E-state index contributed by atoms with van der Waals surface area (Å²) in [6, 6.07) is 10.7. The Balaban J connectivity index is 1.71. The lowest BCUT2D eigenvalue weighted by molar-refractivity contribution is 0.247. The number of hydrogen-bond donors (Lipinski definition) is 1. The SMILES string of the molecule is CC1CCCCC1CNCc1ccccc1. The number of hydrogen-bond acceptors (Lipinski definition) is 1. The van der Waals surface area contributed by atoms with Crippen LogP contribution in [0.15, 0.2) is 30.3 Å². The van der Waals surface area contributed by atoms with Gasteiger partial charge in [0, 0.05) is 6.54 Å². The second-order valence-electron chi connectivity index (χ2n) is 5.14. The van der Waals surface area contributed by atoms with E-state index in [1.165, 1.54) is 37.8 Å². The summed E-state index contributed by atoms with van der Waals surface area (Å²) in [5.41, 5.74) is 1.39. The first-order valence-electron chi connectivity index (χ1n) is 6.61. The van der Waals surface area contributed by atoms with Gasteiger partial charge in [-0.05, 0) is 30.4 Å². The lowest BCUT2D eigenvalue weighted by Crippen LogP contribution is -2.29. The molecule has 1 nitrogen and oxygen atoms in total. The standard InChI is InChI=1S/C15H23N/c1-13-7-5-6-10-15(13)12-16-11-14-8-3-2-4-9-14/h2-4,8-9,13,15-16H,5-7,10-12H2,1H3. The van der Waals surface area contributed by atoms with Crippen LogP contribution in [-0.2, 0) is 6.54 Å². The number of benzene rings is 1. The minimum atomic E-state index is 0.900. The van der Waals surface area contributed by atoms with Gasteiger partial charge >= 0.3 is 0 Å². The van der Waals surface area contributed by atoms with E-state index in [4.69, 9.17) is 0 Å². The van der Waals surface area contributed by atoms with Crippen LogP contribution in [-0.4, -0.2) is 6.54 Å². The van der Waals surface area contributed by atoms with Crippen LogP contribution in [0, 0.1) is 11.8 Å². The third-order valence-corrected chi connectivity index (χ3v) is 3.87. The quantitative estimate of drug-likeness (QED) is 0.812. The fourth-order valence-corrected chi connectivity index (χ4v) is 2.69. The molecule has 2 unspecified atom stereocenters. The van der Waals surface area contributed by atoms with Gasteiger partial charge in [0.2, 0.25) is 0 Å². The fraction of sp³-hybridized carbons (Fsp3) is 0.600. The normalized spacial score (nSPS) is 25.6. The Kier molecular flexibility index (Phi) is 4.41. The molecule has 1 aliphatic rings. The summed E-state index contributed by atoms with van der Waals surface area (Å²) in [4.78, 5) is 0. The fourth-order valence-electron chi connectivity index (χ4n) is 2.69. The highest BCUT2D eigenvalue weighted by molar-refractivity contribution is 5.14. The second kappa shape index (κ2) is 6.05. The molecule has 16 heavy (non-hydrogen) atoms. The van der Waals surface area contributed by atoms with Crippen molar-refractivity contribution in [1.82, 2.24) is 5.32 Å². The van der Waals surface area contributed by atoms with Gasteiger partial charge in [-0.25, -0.2) is 0 Å². The Labute approximate surface area is 99.3 Å². The molecule has 1 aliphatic carbocycles. The second-order valence-corrected chi connectivity index (χ2v) is 5.14. The lowest BCUT2D eigenvalue weighted by Gasteiger charge is -2.28. The van der Waals surface area contributed by atoms with Gasteiger partial charge in [-0.3, -0.25) is 0 Å². The van der Waals surface area contributed by atoms with Crippen molar-refractivity contribution in [2.45, 2.75) is 39.2 Å². The van der Waals surface area contributed by atoms with Crippen LogP contribution in [0.5, 0.6) is 0 Å². The van der Waals surface area contributed by atoms with Gasteiger partial charge in [0.15, 0.2) is 0 Å². The van der Waals surface area contributed by atoms with Crippen molar-refractivity contribution >= 4 is 0 Å². The van der Waals surface area contributed by atoms with Crippen LogP contribution in [0.2, 0.25) is 0 Å². The summed E-state index contributed by atoms with van der Waals surface area (Å²) < 4.78 is 0. The van der Waals surface area contributed by atoms with Gasteiger partial charge in [-0.15, -0.1) is 0 Å². The summed E-state index contributed by atoms with van der Waals surface area (Å²) in [6.45, 7) is 4.62. The first kappa shape index (κ1) is 11.7. The first-order valence-corrected chi connectivity index (χ1v) is 6.61. The highest BCUT2D eigenvalue weighted by Gasteiger charge is 2.20. The van der Waals surface area contributed by atoms with Crippen molar-refractivity contribution in [3.63, 3.8) is 0 Å². The predicted molar refractivity (Wildman–Crippen MR) is 69.3 cm³/mol. The summed E-state index contributed by atoms with van der Waals surface area (Å²) in [5.74, 6) is 1.81. The van der Waals surface area contributed by atoms with E-state index in [0.29, 0.717) is 0 Å². The molecule has 88 valence electrons. The molecule has 1 N–H and O–H groups in total. The van der Waals surface area contributed by atoms with Gasteiger partial charge < -0.3 is 5.32 Å². The minimum absolute atomic E-state index is 0.900. The van der Waals surface area contributed by atoms with Gasteiger partial charge in [-0.1, -0.05) is 56.5 Å². The molecular weight excluding hydrogens is 194 g/mol. The average molecular weight is 217 g/mol. The molecule has 0 aromatic heterocycles. The number of rotatable bonds is 4. The van der Waals surface area contributed by atoms with Crippen molar-refractivity contribution in [2.24, 2.45) is 11.8 Å². The average Bonchev–Trinajstić information content (AvgIpc) is 2.33. The van der Waals surface area contributed by atoms with Crippen molar-refractivity contribution in [3.05, 3.63) is 35.9 Å². The van der Waals surface area contributed by atoms with E-state index in [-0.39, 0.29) is 0 Å². The van der Waals surface area contributed by atoms with Crippen molar-refractivity contribution in [2.75, 3.05) is 6.54 Å². The Bertz CT molecular complexity index is 294. The van der Waals surface area contributed by atoms with Crippen LogP contribution in [0.25, 0.3) is 0 Å². The summed E-state index contributed by atoms with van der Waals surface area (Å²) >= 11 is 0. The Morgan fingerprint density at radius 3 is 2.62 bits per heavy atom. The molecule has 1 fully saturated rings. The monoisotopic (exact) mass is 217 g/mol. The maximum atomic E-state index is 3.60. The van der Waals surface area contributed by atoms with Crippen LogP contribution < -0.4 is 5.32 Å². The smallest absolute Gasteiger partial charge is 0.0205 e. The first-order chi connectivity index (χ1) is 7.86. The molecule has 0 spiro atoms. The third-order valence-electron chi connectivity index (χ3n) is 3.87. The Morgan fingerprint density at radius 1 is 1.12 bits per heavy atom. The lowest BCUT2D eigenvalue weighted by atomic mass is 9.80. The van der Waals surface area contributed by atoms with E-state index in [1.807, 2.05) is 0 Å². The van der Waals surface area contributed by atoms with Crippen molar-refractivity contribution in [3.8, 4) is 0 Å². The zero-order valence-corrected chi connectivity index (χ0v) is 10.3. The van der Waals surface area contributed by atoms with E-state index >= 15 is 0 Å². The molecule has 2 rings (SSSR count). The molecule has 1 aromatic rings. The minimum Gasteiger partial charge on any atom is -0.312 e. The zero-order valence-electron chi connectivity index (χ0n) is 10.3. The third kappa shape index (κ3) is 3.34. The van der Waals surface area contributed by atoms with E-state index in [9.17, 15) is 0 Å². The van der Waals surface area contributed by atoms with E-state index in [2.05, 4.69) is 42.6 Å². The highest BCUT2D eigenvalue weighted by Crippen LogP contribution is 2.28. The van der Waals surface area contributed by atoms with E-state index in [0.717, 1.165) is 18.4 Å². The Morgan fingerprint density at radius 2 is 1.88 bits per heavy atom. The molecule has 0 amide bonds. The predicted octanol–water partition coefficient (Wildman–Crippen LogP) is 3.60. The zero-order chi connectivity index (χ0) is 11.2. The summed E-state index contributed by atoms with van der Waals surface area (Å²) in [5, 5.41) is 3.60. The largest absolute Gasteiger partial charge is 0.312 e. The van der Waals surface area contributed by atoms with E-state index in [1.54, 1.807) is 0 Å². The molecule has 0 radical (unpaired) electrons. The Hall–Kier alpha value is -0.820. The highest BCUT2D eigenvalue weighted by atomic mass is 14.9. The van der Waals surface area contributed by atoms with Crippen LogP contribution in [0.3, 0.4) is 0 Å². The molecule has 0 heterocycles. The molecular formula is C15H23N. The van der Waals surface area contributed by atoms with Gasteiger partial charge in [0.05, 0.1) is 0 Å². The maximum Gasteiger partial charge on any atom is 0.0205 e. The molecule has 1 heteroatoms. The van der Waals surface area contributed by atoms with Crippen molar-refractivity contribution in [1.29, 1.82) is 0 Å². The molecule has 2 atom stereocenters. The molecule has 0 saturated heterocycles. The van der Waals surface area contributed by atoms with Gasteiger partial charge in [0.25, 0.3) is 0 Å². The molecule has 0 bridgehead atoms. The van der Waals surface area contributed by atoms with Crippen LogP contribution in [0.1, 0.15) is 38.2 Å². The topological polar surface area (TPSA) is 12.0 Å². The summed E-state index contributed by atoms with van der Waals surface area (Å²) in [6.07, 6.45) is 5.72. The number of nitrogens with one attached hydrogen (secondary N) is 1.